The first kappa shape index (κ1) is 16.0. The lowest BCUT2D eigenvalue weighted by molar-refractivity contribution is 0.0422. The van der Waals surface area contributed by atoms with Gasteiger partial charge in [-0.15, -0.1) is 0 Å². The maximum absolute atomic E-state index is 12.3. The summed E-state index contributed by atoms with van der Waals surface area (Å²) in [6, 6.07) is 2.84. The summed E-state index contributed by atoms with van der Waals surface area (Å²) in [5.74, 6) is 0.160. The Morgan fingerprint density at radius 1 is 1.35 bits per heavy atom. The Labute approximate surface area is 129 Å². The monoisotopic (exact) mass is 337 g/mol. The van der Waals surface area contributed by atoms with Gasteiger partial charge in [0.05, 0.1) is 10.6 Å². The molecule has 1 saturated carbocycles. The van der Waals surface area contributed by atoms with Crippen LogP contribution in [0.5, 0.6) is 0 Å². The Bertz CT molecular complexity index is 625. The van der Waals surface area contributed by atoms with Gasteiger partial charge in [-0.05, 0) is 50.3 Å². The normalized spacial score (nSPS) is 18.9. The van der Waals surface area contributed by atoms with Crippen molar-refractivity contribution >= 4 is 33.2 Å². The zero-order chi connectivity index (χ0) is 15.1. The van der Waals surface area contributed by atoms with E-state index in [4.69, 9.17) is 23.2 Å². The third-order valence-electron chi connectivity index (χ3n) is 3.58. The van der Waals surface area contributed by atoms with Crippen LogP contribution >= 0.6 is 23.2 Å². The number of halogens is 2. The van der Waals surface area contributed by atoms with Gasteiger partial charge < -0.3 is 5.11 Å². The number of rotatable bonds is 5. The lowest BCUT2D eigenvalue weighted by atomic mass is 10.0. The van der Waals surface area contributed by atoms with E-state index < -0.39 is 15.6 Å². The fourth-order valence-corrected chi connectivity index (χ4v) is 3.98. The molecule has 1 aromatic carbocycles. The number of aryl methyl sites for hydroxylation is 1. The molecular formula is C13H17Cl2NO3S. The highest BCUT2D eigenvalue weighted by Gasteiger charge is 2.40. The molecule has 0 spiro atoms. The Morgan fingerprint density at radius 2 is 1.95 bits per heavy atom. The van der Waals surface area contributed by atoms with Gasteiger partial charge in [-0.3, -0.25) is 0 Å². The zero-order valence-electron chi connectivity index (χ0n) is 11.3. The second-order valence-electron chi connectivity index (χ2n) is 5.49. The number of nitrogens with one attached hydrogen (secondary N) is 1. The van der Waals surface area contributed by atoms with E-state index in [-0.39, 0.29) is 22.4 Å². The minimum Gasteiger partial charge on any atom is -0.389 e. The fourth-order valence-electron chi connectivity index (χ4n) is 2.01. The van der Waals surface area contributed by atoms with Crippen LogP contribution in [0.4, 0.5) is 0 Å². The van der Waals surface area contributed by atoms with E-state index in [1.165, 1.54) is 12.1 Å². The van der Waals surface area contributed by atoms with Gasteiger partial charge in [-0.25, -0.2) is 13.1 Å². The van der Waals surface area contributed by atoms with Gasteiger partial charge in [0, 0.05) is 11.6 Å². The highest BCUT2D eigenvalue weighted by Crippen LogP contribution is 2.39. The minimum atomic E-state index is -3.77. The summed E-state index contributed by atoms with van der Waals surface area (Å²) in [5.41, 5.74) is -0.397. The van der Waals surface area contributed by atoms with Crippen molar-refractivity contribution in [1.82, 2.24) is 4.72 Å². The second-order valence-corrected chi connectivity index (χ2v) is 8.04. The summed E-state index contributed by atoms with van der Waals surface area (Å²) < 4.78 is 26.9. The van der Waals surface area contributed by atoms with Crippen LogP contribution in [0.2, 0.25) is 10.0 Å². The maximum Gasteiger partial charge on any atom is 0.242 e. The minimum absolute atomic E-state index is 0.0207. The molecule has 1 atom stereocenters. The SMILES string of the molecule is Cc1cc(S(=O)(=O)NCC(C)(O)C2CC2)c(Cl)cc1Cl. The molecule has 0 aliphatic heterocycles. The Morgan fingerprint density at radius 3 is 2.50 bits per heavy atom. The molecule has 0 heterocycles. The van der Waals surface area contributed by atoms with Crippen molar-refractivity contribution in [2.75, 3.05) is 6.54 Å². The molecule has 1 aromatic rings. The first-order valence-electron chi connectivity index (χ1n) is 6.31. The van der Waals surface area contributed by atoms with E-state index in [2.05, 4.69) is 4.72 Å². The first-order valence-corrected chi connectivity index (χ1v) is 8.55. The van der Waals surface area contributed by atoms with Crippen LogP contribution in [0.3, 0.4) is 0 Å². The topological polar surface area (TPSA) is 66.4 Å². The molecule has 0 saturated heterocycles. The Balaban J connectivity index is 2.20. The molecule has 2 rings (SSSR count). The fraction of sp³-hybridized carbons (Fsp3) is 0.538. The Hall–Kier alpha value is -0.330. The van der Waals surface area contributed by atoms with E-state index in [1.807, 2.05) is 0 Å². The molecule has 0 amide bonds. The van der Waals surface area contributed by atoms with Crippen molar-refractivity contribution in [2.45, 2.75) is 37.2 Å². The highest BCUT2D eigenvalue weighted by molar-refractivity contribution is 7.89. The van der Waals surface area contributed by atoms with Crippen molar-refractivity contribution in [1.29, 1.82) is 0 Å². The van der Waals surface area contributed by atoms with Crippen LogP contribution in [0, 0.1) is 12.8 Å². The summed E-state index contributed by atoms with van der Waals surface area (Å²) in [6.07, 6.45) is 1.85. The van der Waals surface area contributed by atoms with Crippen LogP contribution in [0.15, 0.2) is 17.0 Å². The summed E-state index contributed by atoms with van der Waals surface area (Å²) >= 11 is 11.8. The van der Waals surface area contributed by atoms with Crippen LogP contribution in [0.25, 0.3) is 0 Å². The summed E-state index contributed by atoms with van der Waals surface area (Å²) in [4.78, 5) is -0.0207. The van der Waals surface area contributed by atoms with Crippen molar-refractivity contribution in [2.24, 2.45) is 5.92 Å². The van der Waals surface area contributed by atoms with Crippen molar-refractivity contribution in [3.05, 3.63) is 27.7 Å². The summed E-state index contributed by atoms with van der Waals surface area (Å²) in [5, 5.41) is 10.6. The van der Waals surface area contributed by atoms with Gasteiger partial charge in [-0.1, -0.05) is 23.2 Å². The third-order valence-corrected chi connectivity index (χ3v) is 5.85. The van der Waals surface area contributed by atoms with E-state index in [0.29, 0.717) is 10.6 Å². The molecule has 4 nitrogen and oxygen atoms in total. The molecule has 0 bridgehead atoms. The van der Waals surface area contributed by atoms with E-state index in [9.17, 15) is 13.5 Å². The largest absolute Gasteiger partial charge is 0.389 e. The van der Waals surface area contributed by atoms with Crippen LogP contribution in [0.1, 0.15) is 25.3 Å². The van der Waals surface area contributed by atoms with Crippen LogP contribution in [-0.4, -0.2) is 25.7 Å². The molecule has 20 heavy (non-hydrogen) atoms. The molecule has 112 valence electrons. The molecule has 7 heteroatoms. The van der Waals surface area contributed by atoms with Crippen molar-refractivity contribution in [3.63, 3.8) is 0 Å². The quantitative estimate of drug-likeness (QED) is 0.868. The van der Waals surface area contributed by atoms with Gasteiger partial charge in [0.25, 0.3) is 0 Å². The van der Waals surface area contributed by atoms with Gasteiger partial charge in [0.1, 0.15) is 4.90 Å². The summed E-state index contributed by atoms with van der Waals surface area (Å²) in [6.45, 7) is 3.32. The average molecular weight is 338 g/mol. The first-order chi connectivity index (χ1) is 9.13. The molecule has 1 unspecified atom stereocenters. The van der Waals surface area contributed by atoms with Gasteiger partial charge in [0.2, 0.25) is 10.0 Å². The van der Waals surface area contributed by atoms with E-state index in [1.54, 1.807) is 13.8 Å². The Kier molecular flexibility index (Phi) is 4.38. The lowest BCUT2D eigenvalue weighted by Gasteiger charge is -2.23. The second kappa shape index (κ2) is 5.46. The van der Waals surface area contributed by atoms with Crippen molar-refractivity contribution in [3.8, 4) is 0 Å². The van der Waals surface area contributed by atoms with E-state index in [0.717, 1.165) is 12.8 Å². The average Bonchev–Trinajstić information content (AvgIpc) is 3.16. The number of benzene rings is 1. The number of hydrogen-bond donors (Lipinski definition) is 2. The maximum atomic E-state index is 12.3. The number of aliphatic hydroxyl groups is 1. The standard InChI is InChI=1S/C13H17Cl2NO3S/c1-8-5-12(11(15)6-10(8)14)20(18,19)16-7-13(2,17)9-3-4-9/h5-6,9,16-17H,3-4,7H2,1-2H3. The number of sulfonamides is 1. The smallest absolute Gasteiger partial charge is 0.242 e. The molecule has 0 radical (unpaired) electrons. The third kappa shape index (κ3) is 3.46. The van der Waals surface area contributed by atoms with Gasteiger partial charge in [-0.2, -0.15) is 0 Å². The summed E-state index contributed by atoms with van der Waals surface area (Å²) in [7, 11) is -3.77. The lowest BCUT2D eigenvalue weighted by Crippen LogP contribution is -2.42. The molecule has 0 aromatic heterocycles. The highest BCUT2D eigenvalue weighted by atomic mass is 35.5. The molecule has 1 aliphatic rings. The van der Waals surface area contributed by atoms with Gasteiger partial charge in [0.15, 0.2) is 0 Å². The van der Waals surface area contributed by atoms with Gasteiger partial charge >= 0.3 is 0 Å². The molecule has 1 aliphatic carbocycles. The van der Waals surface area contributed by atoms with Crippen molar-refractivity contribution < 1.29 is 13.5 Å². The molecule has 2 N–H and O–H groups in total. The van der Waals surface area contributed by atoms with Crippen LogP contribution < -0.4 is 4.72 Å². The predicted molar refractivity (Wildman–Crippen MR) is 79.7 cm³/mol. The molecular weight excluding hydrogens is 321 g/mol. The van der Waals surface area contributed by atoms with E-state index >= 15 is 0 Å². The predicted octanol–water partition coefficient (Wildman–Crippen LogP) is 2.74. The van der Waals surface area contributed by atoms with Crippen LogP contribution in [-0.2, 0) is 10.0 Å². The number of hydrogen-bond acceptors (Lipinski definition) is 3. The zero-order valence-corrected chi connectivity index (χ0v) is 13.6. The molecule has 1 fully saturated rings.